The van der Waals surface area contributed by atoms with E-state index in [2.05, 4.69) is 219 Å². The molecule has 0 N–H and O–H groups in total. The maximum atomic E-state index is 2.43. The van der Waals surface area contributed by atoms with Gasteiger partial charge in [-0.2, -0.15) is 0 Å². The summed E-state index contributed by atoms with van der Waals surface area (Å²) in [4.78, 5) is 2.42. The second kappa shape index (κ2) is 13.2. The fourth-order valence-electron chi connectivity index (χ4n) is 9.10. The summed E-state index contributed by atoms with van der Waals surface area (Å²) in [7, 11) is 0. The summed E-state index contributed by atoms with van der Waals surface area (Å²) < 4.78 is 2.66. The zero-order chi connectivity index (χ0) is 38.1. The molecule has 1 heterocycles. The number of benzene rings is 9. The molecule has 0 spiro atoms. The molecule has 0 radical (unpaired) electrons. The van der Waals surface area contributed by atoms with Crippen molar-refractivity contribution in [1.29, 1.82) is 0 Å². The summed E-state index contributed by atoms with van der Waals surface area (Å²) in [5.74, 6) is 0. The first-order valence-electron chi connectivity index (χ1n) is 19.7. The highest BCUT2D eigenvalue weighted by Gasteiger charge is 2.36. The lowest BCUT2D eigenvalue weighted by atomic mass is 9.81. The van der Waals surface area contributed by atoms with Gasteiger partial charge >= 0.3 is 0 Å². The summed E-state index contributed by atoms with van der Waals surface area (Å²) in [5, 5.41) is 5.17. The van der Waals surface area contributed by atoms with Crippen molar-refractivity contribution in [3.05, 3.63) is 211 Å². The van der Waals surface area contributed by atoms with Gasteiger partial charge in [0, 0.05) is 42.6 Å². The lowest BCUT2D eigenvalue weighted by Gasteiger charge is -2.28. The van der Waals surface area contributed by atoms with E-state index in [1.54, 1.807) is 0 Å². The summed E-state index contributed by atoms with van der Waals surface area (Å²) in [5.41, 5.74) is 16.0. The third kappa shape index (κ3) is 5.59. The highest BCUT2D eigenvalue weighted by atomic mass is 32.1. The van der Waals surface area contributed by atoms with Gasteiger partial charge in [-0.15, -0.1) is 11.3 Å². The van der Waals surface area contributed by atoms with Gasteiger partial charge in [0.1, 0.15) is 0 Å². The molecule has 270 valence electrons. The van der Waals surface area contributed by atoms with Gasteiger partial charge in [0.05, 0.1) is 0 Å². The molecule has 0 amide bonds. The van der Waals surface area contributed by atoms with Gasteiger partial charge in [0.2, 0.25) is 0 Å². The van der Waals surface area contributed by atoms with Crippen LogP contribution in [-0.2, 0) is 5.41 Å². The molecule has 9 aromatic carbocycles. The zero-order valence-electron chi connectivity index (χ0n) is 31.9. The summed E-state index contributed by atoms with van der Waals surface area (Å²) in [6.45, 7) is 4.75. The molecule has 1 aromatic heterocycles. The van der Waals surface area contributed by atoms with Gasteiger partial charge in [-0.25, -0.2) is 0 Å². The van der Waals surface area contributed by atoms with Crippen molar-refractivity contribution < 1.29 is 0 Å². The van der Waals surface area contributed by atoms with Gasteiger partial charge in [-0.3, -0.25) is 0 Å². The second-order valence-corrected chi connectivity index (χ2v) is 16.8. The van der Waals surface area contributed by atoms with E-state index < -0.39 is 0 Å². The third-order valence-electron chi connectivity index (χ3n) is 12.1. The van der Waals surface area contributed by atoms with E-state index in [1.165, 1.54) is 86.6 Å². The molecule has 57 heavy (non-hydrogen) atoms. The van der Waals surface area contributed by atoms with Crippen molar-refractivity contribution >= 4 is 59.3 Å². The van der Waals surface area contributed by atoms with Crippen molar-refractivity contribution in [3.63, 3.8) is 0 Å². The zero-order valence-corrected chi connectivity index (χ0v) is 32.7. The molecule has 0 unspecified atom stereocenters. The average Bonchev–Trinajstić information content (AvgIpc) is 3.75. The standard InChI is InChI=1S/C55H39NS/c1-55(2)51-34-41(36-11-4-3-5-12-36)23-30-47(51)48-31-29-44(35-52(48)55)56(43-27-21-39(22-28-43)46-17-10-14-38-13-6-7-15-45(38)46)42-25-19-37(20-26-42)40-24-32-54-50(33-40)49-16-8-9-18-53(49)57-54/h3-35H,1-2H3. The molecule has 1 aliphatic rings. The Morgan fingerprint density at radius 1 is 0.351 bits per heavy atom. The van der Waals surface area contributed by atoms with E-state index in [0.29, 0.717) is 0 Å². The predicted octanol–water partition coefficient (Wildman–Crippen LogP) is 16.0. The number of fused-ring (bicyclic) bond motifs is 7. The summed E-state index contributed by atoms with van der Waals surface area (Å²) >= 11 is 1.86. The molecule has 10 aromatic rings. The minimum atomic E-state index is -0.163. The number of rotatable bonds is 6. The van der Waals surface area contributed by atoms with Crippen LogP contribution in [0, 0.1) is 0 Å². The van der Waals surface area contributed by atoms with Crippen LogP contribution in [0.5, 0.6) is 0 Å². The number of thiophene rings is 1. The van der Waals surface area contributed by atoms with Gasteiger partial charge in [-0.05, 0) is 127 Å². The summed E-state index contributed by atoms with van der Waals surface area (Å²) in [6, 6.07) is 73.9. The molecular formula is C55H39NS. The number of hydrogen-bond donors (Lipinski definition) is 0. The van der Waals surface area contributed by atoms with Gasteiger partial charge in [-0.1, -0.05) is 153 Å². The molecule has 11 rings (SSSR count). The Hall–Kier alpha value is -6.74. The molecule has 0 bridgehead atoms. The van der Waals surface area contributed by atoms with Crippen molar-refractivity contribution in [2.75, 3.05) is 4.90 Å². The monoisotopic (exact) mass is 745 g/mol. The van der Waals surface area contributed by atoms with E-state index in [4.69, 9.17) is 0 Å². The minimum Gasteiger partial charge on any atom is -0.310 e. The Balaban J connectivity index is 1.01. The number of nitrogens with zero attached hydrogens (tertiary/aromatic N) is 1. The molecule has 2 heteroatoms. The van der Waals surface area contributed by atoms with Gasteiger partial charge in [0.25, 0.3) is 0 Å². The lowest BCUT2D eigenvalue weighted by molar-refractivity contribution is 0.660. The number of anilines is 3. The van der Waals surface area contributed by atoms with Crippen LogP contribution >= 0.6 is 11.3 Å². The maximum Gasteiger partial charge on any atom is 0.0465 e. The molecule has 1 nitrogen and oxygen atoms in total. The molecule has 0 fully saturated rings. The van der Waals surface area contributed by atoms with Crippen molar-refractivity contribution in [1.82, 2.24) is 0 Å². The van der Waals surface area contributed by atoms with E-state index in [0.717, 1.165) is 17.1 Å². The van der Waals surface area contributed by atoms with Crippen LogP contribution in [0.4, 0.5) is 17.1 Å². The molecular weight excluding hydrogens is 707 g/mol. The minimum absolute atomic E-state index is 0.163. The van der Waals surface area contributed by atoms with Crippen LogP contribution in [0.25, 0.3) is 75.5 Å². The molecule has 0 aliphatic heterocycles. The first-order valence-corrected chi connectivity index (χ1v) is 20.6. The first-order chi connectivity index (χ1) is 28.0. The van der Waals surface area contributed by atoms with E-state index >= 15 is 0 Å². The van der Waals surface area contributed by atoms with E-state index in [-0.39, 0.29) is 5.41 Å². The largest absolute Gasteiger partial charge is 0.310 e. The molecule has 0 atom stereocenters. The quantitative estimate of drug-likeness (QED) is 0.164. The van der Waals surface area contributed by atoms with Crippen LogP contribution in [0.2, 0.25) is 0 Å². The highest BCUT2D eigenvalue weighted by molar-refractivity contribution is 7.25. The molecule has 1 aliphatic carbocycles. The lowest BCUT2D eigenvalue weighted by Crippen LogP contribution is -2.16. The summed E-state index contributed by atoms with van der Waals surface area (Å²) in [6.07, 6.45) is 0. The fourth-order valence-corrected chi connectivity index (χ4v) is 10.2. The van der Waals surface area contributed by atoms with Crippen LogP contribution in [0.15, 0.2) is 200 Å². The SMILES string of the molecule is CC1(C)c2cc(-c3ccccc3)ccc2-c2ccc(N(c3ccc(-c4ccc5sc6ccccc6c5c4)cc3)c3ccc(-c4cccc5ccccc45)cc3)cc21. The van der Waals surface area contributed by atoms with Crippen LogP contribution < -0.4 is 4.90 Å². The van der Waals surface area contributed by atoms with Crippen LogP contribution in [-0.4, -0.2) is 0 Å². The Labute approximate surface area is 337 Å². The Kier molecular flexibility index (Phi) is 7.77. The van der Waals surface area contributed by atoms with Gasteiger partial charge < -0.3 is 4.90 Å². The van der Waals surface area contributed by atoms with Crippen LogP contribution in [0.1, 0.15) is 25.0 Å². The van der Waals surface area contributed by atoms with Gasteiger partial charge in [0.15, 0.2) is 0 Å². The van der Waals surface area contributed by atoms with Crippen molar-refractivity contribution in [2.45, 2.75) is 19.3 Å². The maximum absolute atomic E-state index is 2.43. The Bertz CT molecular complexity index is 3130. The highest BCUT2D eigenvalue weighted by Crippen LogP contribution is 2.52. The smallest absolute Gasteiger partial charge is 0.0465 e. The fraction of sp³-hybridized carbons (Fsp3) is 0.0545. The third-order valence-corrected chi connectivity index (χ3v) is 13.2. The van der Waals surface area contributed by atoms with E-state index in [9.17, 15) is 0 Å². The topological polar surface area (TPSA) is 3.24 Å². The van der Waals surface area contributed by atoms with Crippen molar-refractivity contribution in [2.24, 2.45) is 0 Å². The first kappa shape index (κ1) is 33.6. The normalized spacial score (nSPS) is 12.9. The van der Waals surface area contributed by atoms with Crippen LogP contribution in [0.3, 0.4) is 0 Å². The Morgan fingerprint density at radius 2 is 0.895 bits per heavy atom. The average molecular weight is 746 g/mol. The molecule has 0 saturated carbocycles. The second-order valence-electron chi connectivity index (χ2n) is 15.7. The molecule has 0 saturated heterocycles. The number of hydrogen-bond acceptors (Lipinski definition) is 2. The Morgan fingerprint density at radius 3 is 1.68 bits per heavy atom. The predicted molar refractivity (Wildman–Crippen MR) is 245 cm³/mol. The van der Waals surface area contributed by atoms with E-state index in [1.807, 2.05) is 11.3 Å². The van der Waals surface area contributed by atoms with Crippen molar-refractivity contribution in [3.8, 4) is 44.5 Å².